The largest absolute Gasteiger partial charge is 0.586 e. The quantitative estimate of drug-likeness (QED) is 0.684. The molecule has 3 N–H and O–H groups in total. The lowest BCUT2D eigenvalue weighted by molar-refractivity contribution is 0.0695. The lowest BCUT2D eigenvalue weighted by Crippen LogP contribution is -2.35. The fraction of sp³-hybridized carbons (Fsp3) is 0.500. The fourth-order valence-electron chi connectivity index (χ4n) is 4.35. The van der Waals surface area contributed by atoms with Crippen LogP contribution in [-0.4, -0.2) is 25.5 Å². The Kier molecular flexibility index (Phi) is 4.89. The highest BCUT2D eigenvalue weighted by molar-refractivity contribution is 7.90. The molecular weight excluding hydrogens is 376 g/mol. The van der Waals surface area contributed by atoms with Gasteiger partial charge < -0.3 is 15.0 Å². The Hall–Kier alpha value is -2.03. The number of anilines is 1. The molecule has 1 heterocycles. The molecule has 2 amide bonds. The summed E-state index contributed by atoms with van der Waals surface area (Å²) in [5, 5.41) is 17.5. The zero-order valence-electron chi connectivity index (χ0n) is 16.5. The molecule has 28 heavy (non-hydrogen) atoms. The second kappa shape index (κ2) is 7.09. The maximum Gasteiger partial charge on any atom is 0.361 e. The molecule has 2 aliphatic rings. The Morgan fingerprint density at radius 3 is 2.32 bits per heavy atom. The molecule has 1 atom stereocenters. The SMILES string of the molecule is Cn1nc([S+]([O-])NC(=O)Nc2c3c(cc4c2CCC4)CCC3)cc1C(C)(C)O. The van der Waals surface area contributed by atoms with Gasteiger partial charge in [-0.2, -0.15) is 0 Å². The van der Waals surface area contributed by atoms with E-state index >= 15 is 0 Å². The molecule has 0 spiro atoms. The van der Waals surface area contributed by atoms with Crippen LogP contribution in [0.3, 0.4) is 0 Å². The van der Waals surface area contributed by atoms with Gasteiger partial charge in [-0.15, -0.1) is 9.82 Å². The number of aliphatic hydroxyl groups is 1. The van der Waals surface area contributed by atoms with Crippen molar-refractivity contribution in [3.63, 3.8) is 0 Å². The predicted octanol–water partition coefficient (Wildman–Crippen LogP) is 2.47. The molecule has 1 aromatic carbocycles. The average Bonchev–Trinajstić information content (AvgIpc) is 3.32. The third-order valence-electron chi connectivity index (χ3n) is 5.57. The molecule has 1 aromatic heterocycles. The summed E-state index contributed by atoms with van der Waals surface area (Å²) in [6.07, 6.45) is 6.26. The standard InChI is InChI=1S/C20H26N4O3S/c1-20(2,26)16-11-17(22-24(16)3)28(27)23-19(25)21-18-14-8-4-6-12(14)10-13-7-5-9-15(13)18/h10-11,26H,4-9H2,1-3H3,(H2,21,23,25). The second-order valence-corrected chi connectivity index (χ2v) is 9.27. The van der Waals surface area contributed by atoms with E-state index in [2.05, 4.69) is 21.2 Å². The van der Waals surface area contributed by atoms with E-state index in [1.54, 1.807) is 27.0 Å². The van der Waals surface area contributed by atoms with Crippen molar-refractivity contribution in [2.45, 2.75) is 63.0 Å². The molecule has 0 radical (unpaired) electrons. The number of fused-ring (bicyclic) bond motifs is 2. The molecule has 0 saturated carbocycles. The van der Waals surface area contributed by atoms with Crippen molar-refractivity contribution in [3.05, 3.63) is 40.1 Å². The second-order valence-electron chi connectivity index (χ2n) is 8.11. The molecule has 8 heteroatoms. The van der Waals surface area contributed by atoms with E-state index in [1.807, 2.05) is 0 Å². The van der Waals surface area contributed by atoms with Crippen LogP contribution < -0.4 is 10.0 Å². The molecule has 0 bridgehead atoms. The summed E-state index contributed by atoms with van der Waals surface area (Å²) in [6.45, 7) is 3.26. The van der Waals surface area contributed by atoms with Crippen LogP contribution in [-0.2, 0) is 49.7 Å². The van der Waals surface area contributed by atoms with Gasteiger partial charge in [0.2, 0.25) is 0 Å². The summed E-state index contributed by atoms with van der Waals surface area (Å²) in [7, 11) is 1.67. The number of amides is 2. The van der Waals surface area contributed by atoms with E-state index in [1.165, 1.54) is 26.9 Å². The topological polar surface area (TPSA) is 102 Å². The number of hydrogen-bond donors (Lipinski definition) is 3. The van der Waals surface area contributed by atoms with Gasteiger partial charge in [0.1, 0.15) is 17.0 Å². The first kappa shape index (κ1) is 19.3. The van der Waals surface area contributed by atoms with E-state index in [-0.39, 0.29) is 5.03 Å². The molecule has 0 saturated heterocycles. The highest BCUT2D eigenvalue weighted by Crippen LogP contribution is 2.38. The van der Waals surface area contributed by atoms with Gasteiger partial charge in [-0.3, -0.25) is 4.68 Å². The van der Waals surface area contributed by atoms with E-state index in [9.17, 15) is 14.5 Å². The van der Waals surface area contributed by atoms with Gasteiger partial charge in [-0.1, -0.05) is 6.07 Å². The van der Waals surface area contributed by atoms with Crippen molar-refractivity contribution in [2.75, 3.05) is 5.32 Å². The molecule has 1 unspecified atom stereocenters. The van der Waals surface area contributed by atoms with Gasteiger partial charge in [0.25, 0.3) is 5.03 Å². The summed E-state index contributed by atoms with van der Waals surface area (Å²) in [5.41, 5.74) is 5.44. The zero-order chi connectivity index (χ0) is 20.1. The van der Waals surface area contributed by atoms with Crippen LogP contribution in [0.5, 0.6) is 0 Å². The van der Waals surface area contributed by atoms with E-state index in [4.69, 9.17) is 0 Å². The van der Waals surface area contributed by atoms with Gasteiger partial charge >= 0.3 is 6.03 Å². The first-order chi connectivity index (χ1) is 13.2. The van der Waals surface area contributed by atoms with Crippen LogP contribution in [0.1, 0.15) is 54.6 Å². The minimum absolute atomic E-state index is 0.207. The third-order valence-corrected chi connectivity index (χ3v) is 6.52. The number of urea groups is 1. The van der Waals surface area contributed by atoms with Crippen LogP contribution in [0.25, 0.3) is 0 Å². The Morgan fingerprint density at radius 1 is 1.18 bits per heavy atom. The van der Waals surface area contributed by atoms with Crippen molar-refractivity contribution in [1.82, 2.24) is 14.5 Å². The number of carbonyl (C=O) groups excluding carboxylic acids is 1. The summed E-state index contributed by atoms with van der Waals surface area (Å²) in [6, 6.07) is 3.36. The van der Waals surface area contributed by atoms with Gasteiger partial charge in [0, 0.05) is 18.8 Å². The summed E-state index contributed by atoms with van der Waals surface area (Å²) < 4.78 is 16.5. The van der Waals surface area contributed by atoms with E-state index in [0.29, 0.717) is 5.69 Å². The molecule has 0 aliphatic heterocycles. The first-order valence-corrected chi connectivity index (χ1v) is 10.8. The first-order valence-electron chi connectivity index (χ1n) is 9.67. The zero-order valence-corrected chi connectivity index (χ0v) is 17.3. The highest BCUT2D eigenvalue weighted by Gasteiger charge is 2.29. The number of carbonyl (C=O) groups is 1. The van der Waals surface area contributed by atoms with Crippen LogP contribution in [0.15, 0.2) is 17.2 Å². The van der Waals surface area contributed by atoms with Crippen LogP contribution >= 0.6 is 0 Å². The summed E-state index contributed by atoms with van der Waals surface area (Å²) in [4.78, 5) is 12.6. The number of aryl methyl sites for hydroxylation is 3. The monoisotopic (exact) mass is 402 g/mol. The third kappa shape index (κ3) is 3.52. The molecule has 150 valence electrons. The van der Waals surface area contributed by atoms with Gasteiger partial charge in [0.15, 0.2) is 0 Å². The highest BCUT2D eigenvalue weighted by atomic mass is 32.2. The van der Waals surface area contributed by atoms with Crippen molar-refractivity contribution < 1.29 is 14.5 Å². The smallest absolute Gasteiger partial charge is 0.361 e. The maximum absolute atomic E-state index is 12.6. The van der Waals surface area contributed by atoms with Crippen molar-refractivity contribution in [2.24, 2.45) is 7.05 Å². The Balaban J connectivity index is 1.52. The van der Waals surface area contributed by atoms with E-state index in [0.717, 1.165) is 44.2 Å². The molecule has 4 rings (SSSR count). The summed E-state index contributed by atoms with van der Waals surface area (Å²) >= 11 is -1.81. The van der Waals surface area contributed by atoms with Crippen molar-refractivity contribution in [3.8, 4) is 0 Å². The van der Waals surface area contributed by atoms with Crippen molar-refractivity contribution >= 4 is 23.1 Å². The Morgan fingerprint density at radius 2 is 1.79 bits per heavy atom. The fourth-order valence-corrected chi connectivity index (χ4v) is 5.09. The molecular formula is C20H26N4O3S. The molecule has 2 aliphatic carbocycles. The minimum Gasteiger partial charge on any atom is -0.586 e. The van der Waals surface area contributed by atoms with Crippen LogP contribution in [0.2, 0.25) is 0 Å². The molecule has 2 aromatic rings. The average molecular weight is 403 g/mol. The lowest BCUT2D eigenvalue weighted by atomic mass is 9.99. The number of rotatable bonds is 4. The lowest BCUT2D eigenvalue weighted by Gasteiger charge is -2.16. The molecule has 0 fully saturated rings. The minimum atomic E-state index is -1.81. The normalized spacial score (nSPS) is 16.6. The van der Waals surface area contributed by atoms with Gasteiger partial charge in [-0.05, 0) is 74.6 Å². The number of hydrogen-bond acceptors (Lipinski definition) is 4. The maximum atomic E-state index is 12.6. The van der Waals surface area contributed by atoms with Crippen molar-refractivity contribution in [1.29, 1.82) is 0 Å². The van der Waals surface area contributed by atoms with Crippen LogP contribution in [0.4, 0.5) is 10.5 Å². The Bertz CT molecular complexity index is 900. The van der Waals surface area contributed by atoms with E-state index < -0.39 is 23.0 Å². The Labute approximate surface area is 167 Å². The van der Waals surface area contributed by atoms with Crippen LogP contribution in [0, 0.1) is 0 Å². The molecule has 7 nitrogen and oxygen atoms in total. The van der Waals surface area contributed by atoms with Gasteiger partial charge in [-0.25, -0.2) is 4.79 Å². The number of benzene rings is 1. The van der Waals surface area contributed by atoms with Gasteiger partial charge in [0.05, 0.1) is 5.69 Å². The predicted molar refractivity (Wildman–Crippen MR) is 108 cm³/mol. The number of nitrogens with one attached hydrogen (secondary N) is 2. The number of aromatic nitrogens is 2. The summed E-state index contributed by atoms with van der Waals surface area (Å²) in [5.74, 6) is 0. The number of nitrogens with zero attached hydrogens (tertiary/aromatic N) is 2.